The minimum atomic E-state index is -0.286. The summed E-state index contributed by atoms with van der Waals surface area (Å²) in [5.41, 5.74) is 6.66. The van der Waals surface area contributed by atoms with Gasteiger partial charge in [0.15, 0.2) is 5.78 Å². The van der Waals surface area contributed by atoms with Crippen LogP contribution in [0.5, 0.6) is 5.75 Å². The Morgan fingerprint density at radius 1 is 1.28 bits per heavy atom. The number of rotatable bonds is 0. The summed E-state index contributed by atoms with van der Waals surface area (Å²) in [4.78, 5) is 12.2. The van der Waals surface area contributed by atoms with Crippen molar-refractivity contribution in [3.8, 4) is 5.75 Å². The molecule has 1 saturated heterocycles. The highest BCUT2D eigenvalue weighted by atomic mass is 35.5. The molecule has 0 saturated carbocycles. The third kappa shape index (κ3) is 2.18. The summed E-state index contributed by atoms with van der Waals surface area (Å²) < 4.78 is 6.07. The molecule has 2 aliphatic rings. The van der Waals surface area contributed by atoms with Crippen molar-refractivity contribution in [3.05, 3.63) is 23.8 Å². The fraction of sp³-hybridized carbons (Fsp3) is 0.462. The fourth-order valence-electron chi connectivity index (χ4n) is 2.67. The lowest BCUT2D eigenvalue weighted by atomic mass is 9.83. The zero-order valence-corrected chi connectivity index (χ0v) is 10.9. The molecule has 1 spiro atoms. The van der Waals surface area contributed by atoms with E-state index < -0.39 is 0 Å². The van der Waals surface area contributed by atoms with Crippen LogP contribution in [0.2, 0.25) is 0 Å². The molecule has 0 unspecified atom stereocenters. The van der Waals surface area contributed by atoms with Crippen LogP contribution in [-0.4, -0.2) is 24.5 Å². The first kappa shape index (κ1) is 13.2. The van der Waals surface area contributed by atoms with Gasteiger partial charge in [-0.3, -0.25) is 4.79 Å². The third-order valence-corrected chi connectivity index (χ3v) is 3.63. The van der Waals surface area contributed by atoms with Crippen molar-refractivity contribution in [1.82, 2.24) is 5.32 Å². The van der Waals surface area contributed by atoms with Gasteiger partial charge in [0.2, 0.25) is 0 Å². The Kier molecular flexibility index (Phi) is 3.50. The molecule has 5 heteroatoms. The van der Waals surface area contributed by atoms with E-state index in [1.807, 2.05) is 6.07 Å². The molecule has 1 aromatic rings. The lowest BCUT2D eigenvalue weighted by Crippen LogP contribution is -2.49. The van der Waals surface area contributed by atoms with Gasteiger partial charge in [0.05, 0.1) is 12.0 Å². The number of carbonyl (C=O) groups is 1. The molecular weight excluding hydrogens is 252 g/mol. The van der Waals surface area contributed by atoms with E-state index in [2.05, 4.69) is 5.32 Å². The largest absolute Gasteiger partial charge is 0.486 e. The Morgan fingerprint density at radius 2 is 2.00 bits per heavy atom. The molecular formula is C13H17ClN2O2. The van der Waals surface area contributed by atoms with Gasteiger partial charge in [-0.15, -0.1) is 12.4 Å². The second-order valence-corrected chi connectivity index (χ2v) is 4.89. The number of nitrogen functional groups attached to an aromatic ring is 1. The molecule has 2 heterocycles. The Hall–Kier alpha value is -1.26. The van der Waals surface area contributed by atoms with Crippen LogP contribution >= 0.6 is 12.4 Å². The smallest absolute Gasteiger partial charge is 0.170 e. The molecule has 0 atom stereocenters. The Morgan fingerprint density at radius 3 is 2.72 bits per heavy atom. The SMILES string of the molecule is Cl.Nc1ccc2c(c1)C(=O)CC1(CCNCC1)O2. The van der Waals surface area contributed by atoms with Crippen LogP contribution in [0.3, 0.4) is 0 Å². The molecule has 18 heavy (non-hydrogen) atoms. The predicted molar refractivity (Wildman–Crippen MR) is 72.5 cm³/mol. The summed E-state index contributed by atoms with van der Waals surface area (Å²) in [7, 11) is 0. The standard InChI is InChI=1S/C13H16N2O2.ClH/c14-9-1-2-12-10(7-9)11(16)8-13(17-12)3-5-15-6-4-13;/h1-2,7,15H,3-6,8,14H2;1H. The lowest BCUT2D eigenvalue weighted by Gasteiger charge is -2.40. The van der Waals surface area contributed by atoms with Crippen molar-refractivity contribution in [3.63, 3.8) is 0 Å². The van der Waals surface area contributed by atoms with Crippen LogP contribution in [0.25, 0.3) is 0 Å². The van der Waals surface area contributed by atoms with Crippen molar-refractivity contribution in [1.29, 1.82) is 0 Å². The van der Waals surface area contributed by atoms with Crippen molar-refractivity contribution in [2.24, 2.45) is 0 Å². The molecule has 3 rings (SSSR count). The number of nitrogens with one attached hydrogen (secondary N) is 1. The highest BCUT2D eigenvalue weighted by Crippen LogP contribution is 2.38. The maximum absolute atomic E-state index is 12.2. The second-order valence-electron chi connectivity index (χ2n) is 4.89. The summed E-state index contributed by atoms with van der Waals surface area (Å²) in [6, 6.07) is 5.31. The van der Waals surface area contributed by atoms with Gasteiger partial charge in [-0.1, -0.05) is 0 Å². The van der Waals surface area contributed by atoms with Crippen molar-refractivity contribution in [2.45, 2.75) is 24.9 Å². The highest BCUT2D eigenvalue weighted by Gasteiger charge is 2.41. The molecule has 0 bridgehead atoms. The summed E-state index contributed by atoms with van der Waals surface area (Å²) in [6.07, 6.45) is 2.26. The molecule has 1 fully saturated rings. The molecule has 0 radical (unpaired) electrons. The zero-order valence-electron chi connectivity index (χ0n) is 10.1. The molecule has 0 aliphatic carbocycles. The molecule has 1 aromatic carbocycles. The van der Waals surface area contributed by atoms with Crippen LogP contribution in [0.1, 0.15) is 29.6 Å². The molecule has 4 nitrogen and oxygen atoms in total. The van der Waals surface area contributed by atoms with E-state index in [9.17, 15) is 4.79 Å². The number of carbonyl (C=O) groups excluding carboxylic acids is 1. The molecule has 3 N–H and O–H groups in total. The number of ether oxygens (including phenoxy) is 1. The number of benzene rings is 1. The highest BCUT2D eigenvalue weighted by molar-refractivity contribution is 6.01. The summed E-state index contributed by atoms with van der Waals surface area (Å²) in [5.74, 6) is 0.845. The third-order valence-electron chi connectivity index (χ3n) is 3.63. The maximum atomic E-state index is 12.2. The molecule has 0 aromatic heterocycles. The average Bonchev–Trinajstić information content (AvgIpc) is 2.31. The van der Waals surface area contributed by atoms with Crippen molar-refractivity contribution < 1.29 is 9.53 Å². The summed E-state index contributed by atoms with van der Waals surface area (Å²) >= 11 is 0. The molecule has 98 valence electrons. The van der Waals surface area contributed by atoms with E-state index in [1.54, 1.807) is 12.1 Å². The lowest BCUT2D eigenvalue weighted by molar-refractivity contribution is 0.0188. The number of piperidine rings is 1. The second kappa shape index (κ2) is 4.78. The van der Waals surface area contributed by atoms with Crippen molar-refractivity contribution in [2.75, 3.05) is 18.8 Å². The maximum Gasteiger partial charge on any atom is 0.170 e. The quantitative estimate of drug-likeness (QED) is 0.704. The van der Waals surface area contributed by atoms with Gasteiger partial charge < -0.3 is 15.8 Å². The first-order valence-corrected chi connectivity index (χ1v) is 6.01. The summed E-state index contributed by atoms with van der Waals surface area (Å²) in [5, 5.41) is 3.29. The van der Waals surface area contributed by atoms with Gasteiger partial charge in [0.25, 0.3) is 0 Å². The number of nitrogens with two attached hydrogens (primary N) is 1. The van der Waals surface area contributed by atoms with Crippen molar-refractivity contribution >= 4 is 23.9 Å². The monoisotopic (exact) mass is 268 g/mol. The normalized spacial score (nSPS) is 20.8. The van der Waals surface area contributed by atoms with Crippen LogP contribution < -0.4 is 15.8 Å². The van der Waals surface area contributed by atoms with Crippen LogP contribution in [-0.2, 0) is 0 Å². The van der Waals surface area contributed by atoms with Crippen LogP contribution in [0.4, 0.5) is 5.69 Å². The minimum Gasteiger partial charge on any atom is -0.486 e. The van der Waals surface area contributed by atoms with Gasteiger partial charge in [0, 0.05) is 18.5 Å². The van der Waals surface area contributed by atoms with Gasteiger partial charge in [-0.25, -0.2) is 0 Å². The van der Waals surface area contributed by atoms with Gasteiger partial charge in [-0.2, -0.15) is 0 Å². The first-order chi connectivity index (χ1) is 8.19. The van der Waals surface area contributed by atoms with Crippen LogP contribution in [0, 0.1) is 0 Å². The number of hydrogen-bond donors (Lipinski definition) is 2. The topological polar surface area (TPSA) is 64.4 Å². The number of fused-ring (bicyclic) bond motifs is 1. The van der Waals surface area contributed by atoms with Gasteiger partial charge >= 0.3 is 0 Å². The Bertz CT molecular complexity index is 470. The van der Waals surface area contributed by atoms with E-state index in [1.165, 1.54) is 0 Å². The Balaban J connectivity index is 0.00000120. The van der Waals surface area contributed by atoms with E-state index in [4.69, 9.17) is 10.5 Å². The molecule has 0 amide bonds. The molecule has 2 aliphatic heterocycles. The number of ketones is 1. The van der Waals surface area contributed by atoms with Gasteiger partial charge in [-0.05, 0) is 31.3 Å². The van der Waals surface area contributed by atoms with E-state index in [-0.39, 0.29) is 23.8 Å². The number of hydrogen-bond acceptors (Lipinski definition) is 4. The zero-order chi connectivity index (χ0) is 11.9. The predicted octanol–water partition coefficient (Wildman–Crippen LogP) is 1.78. The van der Waals surface area contributed by atoms with E-state index in [0.717, 1.165) is 25.9 Å². The number of halogens is 1. The Labute approximate surface area is 112 Å². The van der Waals surface area contributed by atoms with Gasteiger partial charge in [0.1, 0.15) is 11.4 Å². The first-order valence-electron chi connectivity index (χ1n) is 6.01. The summed E-state index contributed by atoms with van der Waals surface area (Å²) in [6.45, 7) is 1.83. The minimum absolute atomic E-state index is 0. The number of anilines is 1. The van der Waals surface area contributed by atoms with E-state index in [0.29, 0.717) is 23.4 Å². The van der Waals surface area contributed by atoms with E-state index >= 15 is 0 Å². The number of Topliss-reactive ketones (excluding diaryl/α,β-unsaturated/α-hetero) is 1. The fourth-order valence-corrected chi connectivity index (χ4v) is 2.67. The average molecular weight is 269 g/mol. The van der Waals surface area contributed by atoms with Crippen LogP contribution in [0.15, 0.2) is 18.2 Å².